The summed E-state index contributed by atoms with van der Waals surface area (Å²) in [6, 6.07) is 6.84. The van der Waals surface area contributed by atoms with Crippen LogP contribution in [-0.4, -0.2) is 29.8 Å². The van der Waals surface area contributed by atoms with Gasteiger partial charge < -0.3 is 10.2 Å². The average Bonchev–Trinajstić information content (AvgIpc) is 2.45. The third-order valence-electron chi connectivity index (χ3n) is 3.18. The second kappa shape index (κ2) is 7.90. The Balaban J connectivity index is 2.96. The van der Waals surface area contributed by atoms with E-state index in [0.29, 0.717) is 18.0 Å². The van der Waals surface area contributed by atoms with Crippen LogP contribution in [0.4, 0.5) is 0 Å². The van der Waals surface area contributed by atoms with Gasteiger partial charge in [0.05, 0.1) is 0 Å². The summed E-state index contributed by atoms with van der Waals surface area (Å²) < 4.78 is 0. The lowest BCUT2D eigenvalue weighted by Crippen LogP contribution is -2.46. The molecule has 0 fully saturated rings. The summed E-state index contributed by atoms with van der Waals surface area (Å²) >= 11 is 6.13. The van der Waals surface area contributed by atoms with Crippen molar-refractivity contribution in [1.29, 1.82) is 0 Å². The van der Waals surface area contributed by atoms with E-state index in [1.165, 1.54) is 0 Å². The molecule has 0 bridgehead atoms. The van der Waals surface area contributed by atoms with E-state index < -0.39 is 6.04 Å². The molecule has 1 N–H and O–H groups in total. The molecule has 5 heteroatoms. The number of benzene rings is 1. The zero-order valence-electron chi connectivity index (χ0n) is 12.1. The standard InChI is InChI=1S/C15H21ClN2O2/c1-4-7-14(19)18(11(2)15(20)17-3)10-12-8-5-6-9-13(12)16/h5-6,8-9,11H,4,7,10H2,1-3H3,(H,17,20). The highest BCUT2D eigenvalue weighted by Crippen LogP contribution is 2.19. The van der Waals surface area contributed by atoms with E-state index in [2.05, 4.69) is 5.32 Å². The van der Waals surface area contributed by atoms with Gasteiger partial charge in [-0.1, -0.05) is 36.7 Å². The molecule has 4 nitrogen and oxygen atoms in total. The van der Waals surface area contributed by atoms with Crippen molar-refractivity contribution in [3.05, 3.63) is 34.9 Å². The minimum atomic E-state index is -0.518. The molecule has 20 heavy (non-hydrogen) atoms. The van der Waals surface area contributed by atoms with Crippen LogP contribution >= 0.6 is 11.6 Å². The SMILES string of the molecule is CCCC(=O)N(Cc1ccccc1Cl)C(C)C(=O)NC. The molecule has 0 aliphatic carbocycles. The summed E-state index contributed by atoms with van der Waals surface area (Å²) in [5.41, 5.74) is 0.842. The van der Waals surface area contributed by atoms with Crippen molar-refractivity contribution in [2.45, 2.75) is 39.3 Å². The molecule has 2 amide bonds. The van der Waals surface area contributed by atoms with Gasteiger partial charge in [0.25, 0.3) is 0 Å². The number of halogens is 1. The number of likely N-dealkylation sites (N-methyl/N-ethyl adjacent to an activating group) is 1. The Labute approximate surface area is 125 Å². The van der Waals surface area contributed by atoms with Gasteiger partial charge in [-0.05, 0) is 25.0 Å². The summed E-state index contributed by atoms with van der Waals surface area (Å²) in [5, 5.41) is 3.18. The van der Waals surface area contributed by atoms with E-state index in [-0.39, 0.29) is 11.8 Å². The van der Waals surface area contributed by atoms with Crippen LogP contribution in [0.2, 0.25) is 5.02 Å². The first-order valence-corrected chi connectivity index (χ1v) is 7.13. The van der Waals surface area contributed by atoms with Gasteiger partial charge in [-0.3, -0.25) is 9.59 Å². The second-order valence-corrected chi connectivity index (χ2v) is 5.06. The van der Waals surface area contributed by atoms with E-state index >= 15 is 0 Å². The molecular formula is C15H21ClN2O2. The summed E-state index contributed by atoms with van der Waals surface area (Å²) in [6.07, 6.45) is 1.17. The van der Waals surface area contributed by atoms with Crippen LogP contribution in [-0.2, 0) is 16.1 Å². The van der Waals surface area contributed by atoms with Crippen molar-refractivity contribution >= 4 is 23.4 Å². The van der Waals surface area contributed by atoms with Crippen LogP contribution in [0.3, 0.4) is 0 Å². The van der Waals surface area contributed by atoms with Crippen molar-refractivity contribution in [1.82, 2.24) is 10.2 Å². The molecule has 0 heterocycles. The van der Waals surface area contributed by atoms with Gasteiger partial charge in [0, 0.05) is 25.0 Å². The number of hydrogen-bond acceptors (Lipinski definition) is 2. The van der Waals surface area contributed by atoms with Gasteiger partial charge >= 0.3 is 0 Å². The highest BCUT2D eigenvalue weighted by atomic mass is 35.5. The summed E-state index contributed by atoms with van der Waals surface area (Å²) in [4.78, 5) is 25.6. The van der Waals surface area contributed by atoms with Gasteiger partial charge in [-0.15, -0.1) is 0 Å². The quantitative estimate of drug-likeness (QED) is 0.877. The minimum absolute atomic E-state index is 0.0384. The largest absolute Gasteiger partial charge is 0.357 e. The van der Waals surface area contributed by atoms with E-state index in [9.17, 15) is 9.59 Å². The van der Waals surface area contributed by atoms with E-state index in [4.69, 9.17) is 11.6 Å². The fourth-order valence-corrected chi connectivity index (χ4v) is 2.15. The minimum Gasteiger partial charge on any atom is -0.357 e. The third kappa shape index (κ3) is 4.23. The van der Waals surface area contributed by atoms with Crippen molar-refractivity contribution in [2.75, 3.05) is 7.05 Å². The number of amides is 2. The predicted molar refractivity (Wildman–Crippen MR) is 80.4 cm³/mol. The number of carbonyl (C=O) groups is 2. The Bertz CT molecular complexity index is 477. The number of rotatable bonds is 6. The first-order chi connectivity index (χ1) is 9.51. The first kappa shape index (κ1) is 16.5. The molecule has 0 aliphatic heterocycles. The Morgan fingerprint density at radius 1 is 1.35 bits per heavy atom. The molecular weight excluding hydrogens is 276 g/mol. The summed E-state index contributed by atoms with van der Waals surface area (Å²) in [6.45, 7) is 4.01. The lowest BCUT2D eigenvalue weighted by molar-refractivity contribution is -0.140. The lowest BCUT2D eigenvalue weighted by atomic mass is 10.1. The third-order valence-corrected chi connectivity index (χ3v) is 3.54. The number of hydrogen-bond donors (Lipinski definition) is 1. The molecule has 1 aromatic carbocycles. The van der Waals surface area contributed by atoms with Gasteiger partial charge in [0.1, 0.15) is 6.04 Å². The van der Waals surface area contributed by atoms with Crippen LogP contribution in [0.15, 0.2) is 24.3 Å². The van der Waals surface area contributed by atoms with Crippen LogP contribution in [0.5, 0.6) is 0 Å². The van der Waals surface area contributed by atoms with E-state index in [1.54, 1.807) is 24.9 Å². The molecule has 0 saturated heterocycles. The smallest absolute Gasteiger partial charge is 0.242 e. The molecule has 0 radical (unpaired) electrons. The first-order valence-electron chi connectivity index (χ1n) is 6.75. The molecule has 1 unspecified atom stereocenters. The van der Waals surface area contributed by atoms with Gasteiger partial charge in [-0.25, -0.2) is 0 Å². The monoisotopic (exact) mass is 296 g/mol. The molecule has 0 saturated carbocycles. The zero-order chi connectivity index (χ0) is 15.1. The number of nitrogens with zero attached hydrogens (tertiary/aromatic N) is 1. The Hall–Kier alpha value is -1.55. The molecule has 1 rings (SSSR count). The molecule has 1 atom stereocenters. The van der Waals surface area contributed by atoms with Crippen molar-refractivity contribution in [2.24, 2.45) is 0 Å². The molecule has 0 spiro atoms. The Kier molecular flexibility index (Phi) is 6.52. The summed E-state index contributed by atoms with van der Waals surface area (Å²) in [7, 11) is 1.57. The van der Waals surface area contributed by atoms with Gasteiger partial charge in [0.15, 0.2) is 0 Å². The maximum absolute atomic E-state index is 12.2. The maximum Gasteiger partial charge on any atom is 0.242 e. The Morgan fingerprint density at radius 3 is 2.55 bits per heavy atom. The molecule has 0 aliphatic rings. The predicted octanol–water partition coefficient (Wildman–Crippen LogP) is 2.60. The second-order valence-electron chi connectivity index (χ2n) is 4.65. The van der Waals surface area contributed by atoms with Crippen LogP contribution in [0, 0.1) is 0 Å². The lowest BCUT2D eigenvalue weighted by Gasteiger charge is -2.28. The Morgan fingerprint density at radius 2 is 2.00 bits per heavy atom. The molecule has 110 valence electrons. The van der Waals surface area contributed by atoms with Crippen molar-refractivity contribution in [3.63, 3.8) is 0 Å². The van der Waals surface area contributed by atoms with Crippen LogP contribution in [0.1, 0.15) is 32.3 Å². The summed E-state index contributed by atoms with van der Waals surface area (Å²) in [5.74, 6) is -0.218. The van der Waals surface area contributed by atoms with E-state index in [0.717, 1.165) is 12.0 Å². The number of nitrogens with one attached hydrogen (secondary N) is 1. The maximum atomic E-state index is 12.2. The van der Waals surface area contributed by atoms with Crippen LogP contribution < -0.4 is 5.32 Å². The average molecular weight is 297 g/mol. The van der Waals surface area contributed by atoms with Gasteiger partial charge in [-0.2, -0.15) is 0 Å². The van der Waals surface area contributed by atoms with Gasteiger partial charge in [0.2, 0.25) is 11.8 Å². The fraction of sp³-hybridized carbons (Fsp3) is 0.467. The highest BCUT2D eigenvalue weighted by Gasteiger charge is 2.25. The zero-order valence-corrected chi connectivity index (χ0v) is 12.9. The normalized spacial score (nSPS) is 11.8. The van der Waals surface area contributed by atoms with Crippen LogP contribution in [0.25, 0.3) is 0 Å². The topological polar surface area (TPSA) is 49.4 Å². The molecule has 1 aromatic rings. The van der Waals surface area contributed by atoms with Crippen molar-refractivity contribution < 1.29 is 9.59 Å². The highest BCUT2D eigenvalue weighted by molar-refractivity contribution is 6.31. The fourth-order valence-electron chi connectivity index (χ4n) is 1.96. The van der Waals surface area contributed by atoms with E-state index in [1.807, 2.05) is 25.1 Å². The number of carbonyl (C=O) groups excluding carboxylic acids is 2. The molecule has 0 aromatic heterocycles. The van der Waals surface area contributed by atoms with Crippen molar-refractivity contribution in [3.8, 4) is 0 Å².